The summed E-state index contributed by atoms with van der Waals surface area (Å²) >= 11 is 4.67. The molecule has 1 atom stereocenters. The van der Waals surface area contributed by atoms with E-state index in [4.69, 9.17) is 0 Å². The largest absolute Gasteiger partial charge is 0.164 e. The predicted octanol–water partition coefficient (Wildman–Crippen LogP) is 3.61. The van der Waals surface area contributed by atoms with Crippen LogP contribution in [0.4, 0.5) is 0 Å². The first kappa shape index (κ1) is 9.91. The van der Waals surface area contributed by atoms with Gasteiger partial charge in [-0.05, 0) is 18.8 Å². The van der Waals surface area contributed by atoms with E-state index in [0.717, 1.165) is 18.8 Å². The lowest BCUT2D eigenvalue weighted by atomic mass is 9.90. The van der Waals surface area contributed by atoms with Crippen LogP contribution in [0.15, 0.2) is 24.3 Å². The highest BCUT2D eigenvalue weighted by atomic mass is 32.1. The van der Waals surface area contributed by atoms with E-state index in [-0.39, 0.29) is 4.75 Å². The van der Waals surface area contributed by atoms with E-state index in [1.807, 2.05) is 0 Å². The van der Waals surface area contributed by atoms with Crippen molar-refractivity contribution in [2.24, 2.45) is 5.92 Å². The van der Waals surface area contributed by atoms with Gasteiger partial charge in [-0.1, -0.05) is 44.6 Å². The summed E-state index contributed by atoms with van der Waals surface area (Å²) in [7, 11) is 0. The number of allylic oxidation sites excluding steroid dienone is 2. The van der Waals surface area contributed by atoms with Gasteiger partial charge in [-0.3, -0.25) is 0 Å². The molecule has 0 nitrogen and oxygen atoms in total. The Hall–Kier alpha value is -0.170. The predicted molar refractivity (Wildman–Crippen MR) is 58.7 cm³/mol. The molecular formula is C11H18S. The Morgan fingerprint density at radius 3 is 2.50 bits per heavy atom. The molecular weight excluding hydrogens is 164 g/mol. The van der Waals surface area contributed by atoms with Gasteiger partial charge in [0.25, 0.3) is 0 Å². The molecule has 0 amide bonds. The fourth-order valence-corrected chi connectivity index (χ4v) is 2.04. The van der Waals surface area contributed by atoms with Crippen molar-refractivity contribution in [2.75, 3.05) is 0 Å². The zero-order valence-corrected chi connectivity index (χ0v) is 8.85. The highest BCUT2D eigenvalue weighted by molar-refractivity contribution is 7.82. The van der Waals surface area contributed by atoms with Crippen LogP contribution in [0.1, 0.15) is 33.1 Å². The highest BCUT2D eigenvalue weighted by Crippen LogP contribution is 2.30. The smallest absolute Gasteiger partial charge is 0.0491 e. The Balaban J connectivity index is 2.53. The number of hydrogen-bond donors (Lipinski definition) is 1. The minimum Gasteiger partial charge on any atom is -0.164 e. The third kappa shape index (κ3) is 2.71. The first-order valence-corrected chi connectivity index (χ1v) is 5.19. The normalized spacial score (nSPS) is 22.6. The van der Waals surface area contributed by atoms with Crippen LogP contribution in [-0.2, 0) is 0 Å². The van der Waals surface area contributed by atoms with Crippen molar-refractivity contribution in [3.8, 4) is 0 Å². The lowest BCUT2D eigenvalue weighted by molar-refractivity contribution is 0.495. The summed E-state index contributed by atoms with van der Waals surface area (Å²) in [5.74, 6) is 0.759. The Morgan fingerprint density at radius 1 is 1.42 bits per heavy atom. The second-order valence-corrected chi connectivity index (χ2v) is 4.58. The van der Waals surface area contributed by atoms with Crippen LogP contribution in [0, 0.1) is 5.92 Å². The summed E-state index contributed by atoms with van der Waals surface area (Å²) in [5, 5.41) is 0. The van der Waals surface area contributed by atoms with E-state index in [1.54, 1.807) is 0 Å². The minimum atomic E-state index is 0.0354. The molecule has 0 heterocycles. The average Bonchev–Trinajstić information content (AvgIpc) is 2.05. The van der Waals surface area contributed by atoms with Crippen LogP contribution in [0.5, 0.6) is 0 Å². The van der Waals surface area contributed by atoms with Crippen LogP contribution in [-0.4, -0.2) is 4.75 Å². The Labute approximate surface area is 81.2 Å². The second kappa shape index (κ2) is 4.18. The summed E-state index contributed by atoms with van der Waals surface area (Å²) in [5.41, 5.74) is 0. The van der Waals surface area contributed by atoms with Crippen LogP contribution in [0.2, 0.25) is 0 Å². The van der Waals surface area contributed by atoms with Gasteiger partial charge in [-0.25, -0.2) is 0 Å². The van der Waals surface area contributed by atoms with Gasteiger partial charge in [-0.15, -0.1) is 0 Å². The molecule has 1 heteroatoms. The van der Waals surface area contributed by atoms with E-state index in [0.29, 0.717) is 0 Å². The maximum absolute atomic E-state index is 4.67. The third-order valence-electron chi connectivity index (χ3n) is 2.46. The zero-order valence-electron chi connectivity index (χ0n) is 7.96. The molecule has 0 bridgehead atoms. The lowest BCUT2D eigenvalue weighted by Crippen LogP contribution is -2.20. The molecule has 0 aromatic carbocycles. The molecule has 0 radical (unpaired) electrons. The van der Waals surface area contributed by atoms with Gasteiger partial charge in [0, 0.05) is 4.75 Å². The molecule has 1 rings (SSSR count). The molecule has 68 valence electrons. The van der Waals surface area contributed by atoms with Crippen molar-refractivity contribution in [3.05, 3.63) is 24.3 Å². The fourth-order valence-electron chi connectivity index (χ4n) is 1.52. The summed E-state index contributed by atoms with van der Waals surface area (Å²) in [4.78, 5) is 0. The van der Waals surface area contributed by atoms with Gasteiger partial charge in [-0.2, -0.15) is 12.6 Å². The van der Waals surface area contributed by atoms with Crippen LogP contribution < -0.4 is 0 Å². The summed E-state index contributed by atoms with van der Waals surface area (Å²) in [6, 6.07) is 0. The molecule has 0 saturated heterocycles. The van der Waals surface area contributed by atoms with Crippen molar-refractivity contribution in [2.45, 2.75) is 37.9 Å². The molecule has 1 aliphatic rings. The van der Waals surface area contributed by atoms with Crippen LogP contribution >= 0.6 is 12.6 Å². The number of rotatable bonds is 3. The molecule has 1 aliphatic carbocycles. The molecule has 12 heavy (non-hydrogen) atoms. The van der Waals surface area contributed by atoms with Crippen molar-refractivity contribution in [1.82, 2.24) is 0 Å². The van der Waals surface area contributed by atoms with E-state index >= 15 is 0 Å². The van der Waals surface area contributed by atoms with Gasteiger partial charge in [0.15, 0.2) is 0 Å². The molecule has 0 N–H and O–H groups in total. The Bertz CT molecular complexity index is 179. The quantitative estimate of drug-likeness (QED) is 0.500. The standard InChI is InChI=1S/C11H18S/c1-3-10(2)9-11(12)7-5-4-6-8-11/h5-8,10,12H,3-4,9H2,1-2H3. The van der Waals surface area contributed by atoms with Crippen molar-refractivity contribution in [1.29, 1.82) is 0 Å². The molecule has 0 aromatic heterocycles. The van der Waals surface area contributed by atoms with Gasteiger partial charge in [0.05, 0.1) is 0 Å². The maximum Gasteiger partial charge on any atom is 0.0491 e. The highest BCUT2D eigenvalue weighted by Gasteiger charge is 2.21. The van der Waals surface area contributed by atoms with E-state index in [1.165, 1.54) is 6.42 Å². The number of hydrogen-bond acceptors (Lipinski definition) is 1. The molecule has 1 unspecified atom stereocenters. The SMILES string of the molecule is CCC(C)CC1(S)C=CCC=C1. The molecule has 0 fully saturated rings. The Kier molecular flexibility index (Phi) is 3.45. The molecule has 0 spiro atoms. The van der Waals surface area contributed by atoms with E-state index in [2.05, 4.69) is 50.8 Å². The average molecular weight is 182 g/mol. The van der Waals surface area contributed by atoms with Gasteiger partial charge in [0.1, 0.15) is 0 Å². The first-order chi connectivity index (χ1) is 5.66. The van der Waals surface area contributed by atoms with Crippen molar-refractivity contribution >= 4 is 12.6 Å². The maximum atomic E-state index is 4.67. The topological polar surface area (TPSA) is 0 Å². The molecule has 0 aromatic rings. The monoisotopic (exact) mass is 182 g/mol. The number of thiol groups is 1. The molecule has 0 aliphatic heterocycles. The fraction of sp³-hybridized carbons (Fsp3) is 0.636. The first-order valence-electron chi connectivity index (χ1n) is 4.74. The second-order valence-electron chi connectivity index (χ2n) is 3.75. The minimum absolute atomic E-state index is 0.0354. The summed E-state index contributed by atoms with van der Waals surface area (Å²) in [6.45, 7) is 4.52. The third-order valence-corrected chi connectivity index (χ3v) is 2.94. The van der Waals surface area contributed by atoms with E-state index < -0.39 is 0 Å². The van der Waals surface area contributed by atoms with Gasteiger partial charge < -0.3 is 0 Å². The van der Waals surface area contributed by atoms with Gasteiger partial charge >= 0.3 is 0 Å². The van der Waals surface area contributed by atoms with Gasteiger partial charge in [0.2, 0.25) is 0 Å². The van der Waals surface area contributed by atoms with E-state index in [9.17, 15) is 0 Å². The van der Waals surface area contributed by atoms with Crippen LogP contribution in [0.3, 0.4) is 0 Å². The van der Waals surface area contributed by atoms with Crippen LogP contribution in [0.25, 0.3) is 0 Å². The Morgan fingerprint density at radius 2 is 2.00 bits per heavy atom. The summed E-state index contributed by atoms with van der Waals surface area (Å²) in [6.07, 6.45) is 12.3. The van der Waals surface area contributed by atoms with Crippen molar-refractivity contribution < 1.29 is 0 Å². The zero-order chi connectivity index (χ0) is 9.03. The lowest BCUT2D eigenvalue weighted by Gasteiger charge is -2.26. The summed E-state index contributed by atoms with van der Waals surface area (Å²) < 4.78 is 0.0354. The van der Waals surface area contributed by atoms with Crippen molar-refractivity contribution in [3.63, 3.8) is 0 Å². The molecule has 0 saturated carbocycles.